The number of hydrogen-bond acceptors (Lipinski definition) is 7. The Bertz CT molecular complexity index is 1090. The van der Waals surface area contributed by atoms with E-state index in [0.717, 1.165) is 0 Å². The van der Waals surface area contributed by atoms with Gasteiger partial charge in [-0.25, -0.2) is 0 Å². The molecule has 1 unspecified atom stereocenters. The Balaban J connectivity index is 1.84. The van der Waals surface area contributed by atoms with Crippen LogP contribution in [0, 0.1) is 10.1 Å². The molecule has 0 aliphatic carbocycles. The minimum absolute atomic E-state index is 0.117. The molecule has 2 aromatic carbocycles. The molecule has 140 valence electrons. The number of hydrogen-bond donors (Lipinski definition) is 2. The molecule has 0 saturated heterocycles. The van der Waals surface area contributed by atoms with E-state index in [0.29, 0.717) is 22.9 Å². The van der Waals surface area contributed by atoms with E-state index in [4.69, 9.17) is 0 Å². The van der Waals surface area contributed by atoms with Gasteiger partial charge < -0.3 is 10.6 Å². The third-order valence-electron chi connectivity index (χ3n) is 4.42. The lowest BCUT2D eigenvalue weighted by Crippen LogP contribution is -2.31. The molecule has 4 rings (SSSR count). The lowest BCUT2D eigenvalue weighted by atomic mass is 9.93. The highest BCUT2D eigenvalue weighted by Crippen LogP contribution is 2.38. The quantitative estimate of drug-likeness (QED) is 0.528. The van der Waals surface area contributed by atoms with Crippen LogP contribution in [0.4, 0.5) is 17.3 Å². The summed E-state index contributed by atoms with van der Waals surface area (Å²) in [7, 11) is 0. The van der Waals surface area contributed by atoms with Crippen molar-refractivity contribution in [2.75, 3.05) is 10.6 Å². The van der Waals surface area contributed by atoms with Crippen molar-refractivity contribution in [2.45, 2.75) is 13.0 Å². The molecule has 0 spiro atoms. The van der Waals surface area contributed by atoms with Crippen molar-refractivity contribution >= 4 is 23.2 Å². The Labute approximate surface area is 159 Å². The van der Waals surface area contributed by atoms with Gasteiger partial charge in [0.15, 0.2) is 0 Å². The largest absolute Gasteiger partial charge is 0.326 e. The number of nitro groups is 1. The molecule has 28 heavy (non-hydrogen) atoms. The SMILES string of the molecule is CC1=C(C(=O)Nc2ccccc2)C(c2ccccc2[N+](=O)[O-])n2nnnc2N1. The maximum Gasteiger partial charge on any atom is 0.275 e. The molecule has 10 nitrogen and oxygen atoms in total. The first-order chi connectivity index (χ1) is 13.6. The van der Waals surface area contributed by atoms with Gasteiger partial charge in [-0.2, -0.15) is 4.68 Å². The minimum Gasteiger partial charge on any atom is -0.326 e. The molecule has 0 bridgehead atoms. The van der Waals surface area contributed by atoms with Gasteiger partial charge in [0.1, 0.15) is 6.04 Å². The number of aromatic nitrogens is 4. The zero-order valence-electron chi connectivity index (χ0n) is 14.7. The number of para-hydroxylation sites is 2. The number of nitro benzene ring substituents is 1. The third kappa shape index (κ3) is 2.96. The molecular weight excluding hydrogens is 362 g/mol. The Morgan fingerprint density at radius 2 is 1.89 bits per heavy atom. The maximum absolute atomic E-state index is 13.1. The van der Waals surface area contributed by atoms with Crippen molar-refractivity contribution in [1.82, 2.24) is 20.2 Å². The van der Waals surface area contributed by atoms with Crippen LogP contribution in [0.3, 0.4) is 0 Å². The number of nitrogens with one attached hydrogen (secondary N) is 2. The molecule has 3 aromatic rings. The molecule has 2 heterocycles. The first-order valence-corrected chi connectivity index (χ1v) is 8.41. The molecule has 0 radical (unpaired) electrons. The topological polar surface area (TPSA) is 128 Å². The predicted molar refractivity (Wildman–Crippen MR) is 100 cm³/mol. The maximum atomic E-state index is 13.1. The van der Waals surface area contributed by atoms with E-state index in [1.807, 2.05) is 6.07 Å². The Hall–Kier alpha value is -4.08. The van der Waals surface area contributed by atoms with Crippen molar-refractivity contribution in [3.05, 3.63) is 81.5 Å². The van der Waals surface area contributed by atoms with E-state index in [1.165, 1.54) is 10.7 Å². The number of nitrogens with zero attached hydrogens (tertiary/aromatic N) is 5. The highest BCUT2D eigenvalue weighted by molar-refractivity contribution is 6.06. The summed E-state index contributed by atoms with van der Waals surface area (Å²) in [5, 5.41) is 28.9. The van der Waals surface area contributed by atoms with Crippen molar-refractivity contribution < 1.29 is 9.72 Å². The summed E-state index contributed by atoms with van der Waals surface area (Å²) in [4.78, 5) is 24.2. The van der Waals surface area contributed by atoms with Crippen LogP contribution in [0.1, 0.15) is 18.5 Å². The third-order valence-corrected chi connectivity index (χ3v) is 4.42. The number of benzene rings is 2. The Morgan fingerprint density at radius 3 is 2.64 bits per heavy atom. The molecule has 2 N–H and O–H groups in total. The summed E-state index contributed by atoms with van der Waals surface area (Å²) in [6.07, 6.45) is 0. The van der Waals surface area contributed by atoms with Crippen LogP contribution in [0.25, 0.3) is 0 Å². The summed E-state index contributed by atoms with van der Waals surface area (Å²) < 4.78 is 1.37. The molecule has 1 amide bonds. The number of anilines is 2. The van der Waals surface area contributed by atoms with E-state index in [1.54, 1.807) is 49.4 Å². The van der Waals surface area contributed by atoms with Crippen LogP contribution < -0.4 is 10.6 Å². The van der Waals surface area contributed by atoms with Crippen LogP contribution in [-0.2, 0) is 4.79 Å². The van der Waals surface area contributed by atoms with E-state index < -0.39 is 16.9 Å². The number of tetrazole rings is 1. The number of allylic oxidation sites excluding steroid dienone is 1. The molecule has 0 saturated carbocycles. The normalized spacial score (nSPS) is 15.5. The molecule has 1 aliphatic rings. The molecule has 10 heteroatoms. The summed E-state index contributed by atoms with van der Waals surface area (Å²) in [6, 6.07) is 14.3. The van der Waals surface area contributed by atoms with E-state index in [2.05, 4.69) is 26.2 Å². The smallest absolute Gasteiger partial charge is 0.275 e. The van der Waals surface area contributed by atoms with E-state index >= 15 is 0 Å². The number of amides is 1. The highest BCUT2D eigenvalue weighted by atomic mass is 16.6. The van der Waals surface area contributed by atoms with Crippen molar-refractivity contribution in [2.24, 2.45) is 0 Å². The van der Waals surface area contributed by atoms with Crippen LogP contribution in [0.15, 0.2) is 65.9 Å². The number of fused-ring (bicyclic) bond motifs is 1. The van der Waals surface area contributed by atoms with Gasteiger partial charge in [0, 0.05) is 17.5 Å². The fourth-order valence-corrected chi connectivity index (χ4v) is 3.20. The summed E-state index contributed by atoms with van der Waals surface area (Å²) in [6.45, 7) is 1.71. The van der Waals surface area contributed by atoms with Crippen molar-refractivity contribution in [1.29, 1.82) is 0 Å². The van der Waals surface area contributed by atoms with E-state index in [-0.39, 0.29) is 11.3 Å². The second-order valence-electron chi connectivity index (χ2n) is 6.15. The number of rotatable bonds is 4. The summed E-state index contributed by atoms with van der Waals surface area (Å²) >= 11 is 0. The first kappa shape index (κ1) is 17.3. The van der Waals surface area contributed by atoms with Crippen LogP contribution in [0.2, 0.25) is 0 Å². The second kappa shape index (κ2) is 6.91. The zero-order valence-corrected chi connectivity index (χ0v) is 14.7. The second-order valence-corrected chi connectivity index (χ2v) is 6.15. The average molecular weight is 377 g/mol. The van der Waals surface area contributed by atoms with Gasteiger partial charge in [0.05, 0.1) is 16.1 Å². The molecular formula is C18H15N7O3. The van der Waals surface area contributed by atoms with Gasteiger partial charge >= 0.3 is 0 Å². The average Bonchev–Trinajstić information content (AvgIpc) is 3.15. The Kier molecular flexibility index (Phi) is 4.28. The van der Waals surface area contributed by atoms with Crippen LogP contribution >= 0.6 is 0 Å². The fourth-order valence-electron chi connectivity index (χ4n) is 3.20. The standard InChI is InChI=1S/C18H15N7O3/c1-11-15(17(26)20-12-7-3-2-4-8-12)16(24-18(19-11)21-22-23-24)13-9-5-6-10-14(13)25(27)28/h2-10,16H,1H3,(H,20,26)(H,19,21,23). The lowest BCUT2D eigenvalue weighted by molar-refractivity contribution is -0.385. The Morgan fingerprint density at radius 1 is 1.18 bits per heavy atom. The monoisotopic (exact) mass is 377 g/mol. The summed E-state index contributed by atoms with van der Waals surface area (Å²) in [5.41, 5.74) is 1.61. The lowest BCUT2D eigenvalue weighted by Gasteiger charge is -2.27. The van der Waals surface area contributed by atoms with Gasteiger partial charge in [-0.15, -0.1) is 0 Å². The summed E-state index contributed by atoms with van der Waals surface area (Å²) in [5.74, 6) is -0.0996. The molecule has 1 aliphatic heterocycles. The number of carbonyl (C=O) groups excluding carboxylic acids is 1. The van der Waals surface area contributed by atoms with Gasteiger partial charge in [-0.1, -0.05) is 35.4 Å². The van der Waals surface area contributed by atoms with Crippen molar-refractivity contribution in [3.63, 3.8) is 0 Å². The molecule has 0 fully saturated rings. The van der Waals surface area contributed by atoms with Gasteiger partial charge in [0.2, 0.25) is 5.95 Å². The van der Waals surface area contributed by atoms with Gasteiger partial charge in [-0.05, 0) is 35.5 Å². The molecule has 1 aromatic heterocycles. The van der Waals surface area contributed by atoms with Crippen LogP contribution in [-0.4, -0.2) is 31.0 Å². The predicted octanol–water partition coefficient (Wildman–Crippen LogP) is 2.51. The van der Waals surface area contributed by atoms with Gasteiger partial charge in [0.25, 0.3) is 11.6 Å². The first-order valence-electron chi connectivity index (χ1n) is 8.41. The van der Waals surface area contributed by atoms with Gasteiger partial charge in [-0.3, -0.25) is 14.9 Å². The van der Waals surface area contributed by atoms with Crippen molar-refractivity contribution in [3.8, 4) is 0 Å². The highest BCUT2D eigenvalue weighted by Gasteiger charge is 2.37. The van der Waals surface area contributed by atoms with Crippen LogP contribution in [0.5, 0.6) is 0 Å². The molecule has 1 atom stereocenters. The minimum atomic E-state index is -0.850. The fraction of sp³-hybridized carbons (Fsp3) is 0.111. The van der Waals surface area contributed by atoms with E-state index in [9.17, 15) is 14.9 Å². The zero-order chi connectivity index (χ0) is 19.7. The number of carbonyl (C=O) groups is 1.